The summed E-state index contributed by atoms with van der Waals surface area (Å²) in [6.45, 7) is 1.84. The number of halogens is 2. The van der Waals surface area contributed by atoms with Gasteiger partial charge in [0.15, 0.2) is 0 Å². The molecule has 1 saturated carbocycles. The van der Waals surface area contributed by atoms with Crippen molar-refractivity contribution in [3.05, 3.63) is 45.4 Å². The summed E-state index contributed by atoms with van der Waals surface area (Å²) in [5.74, 6) is 0. The highest BCUT2D eigenvalue weighted by Gasteiger charge is 2.42. The van der Waals surface area contributed by atoms with E-state index in [1.54, 1.807) is 30.5 Å². The monoisotopic (exact) mass is 404 g/mol. The Bertz CT molecular complexity index is 865. The fourth-order valence-corrected chi connectivity index (χ4v) is 4.97. The maximum atomic E-state index is 11.5. The number of pyridine rings is 1. The van der Waals surface area contributed by atoms with Gasteiger partial charge in [-0.1, -0.05) is 41.8 Å². The summed E-state index contributed by atoms with van der Waals surface area (Å²) in [5, 5.41) is 3.99. The van der Waals surface area contributed by atoms with E-state index in [4.69, 9.17) is 28.9 Å². The highest BCUT2D eigenvalue weighted by Crippen LogP contribution is 2.46. The van der Waals surface area contributed by atoms with Crippen LogP contribution >= 0.6 is 23.2 Å². The second-order valence-corrected chi connectivity index (χ2v) is 8.39. The minimum Gasteiger partial charge on any atom is -0.370 e. The third-order valence-corrected chi connectivity index (χ3v) is 7.08. The maximum absolute atomic E-state index is 11.5. The first kappa shape index (κ1) is 18.7. The molecular weight excluding hydrogens is 383 g/mol. The van der Waals surface area contributed by atoms with Crippen LogP contribution in [0.15, 0.2) is 35.6 Å². The SMILES string of the molecule is N[C@@H]1CCCC12CCN(c1cnc(-c3cccc(Cl)c3Cl)c(N=O)c1)CC2. The third kappa shape index (κ3) is 3.33. The van der Waals surface area contributed by atoms with Crippen molar-refractivity contribution in [2.45, 2.75) is 38.1 Å². The standard InChI is InChI=1S/C20H22Cl2N4O/c21-15-4-1-3-14(18(15)22)19-16(25-27)11-13(12-24-19)26-9-7-20(8-10-26)6-2-5-17(20)23/h1,3-4,11-12,17H,2,5-10,23H2/t17-/m1/s1. The average Bonchev–Trinajstić information content (AvgIpc) is 3.04. The van der Waals surface area contributed by atoms with Crippen molar-refractivity contribution in [2.75, 3.05) is 18.0 Å². The number of nitroso groups, excluding NO2 is 1. The van der Waals surface area contributed by atoms with E-state index in [9.17, 15) is 4.91 Å². The number of rotatable bonds is 3. The topological polar surface area (TPSA) is 71.6 Å². The van der Waals surface area contributed by atoms with Crippen LogP contribution in [-0.4, -0.2) is 24.1 Å². The van der Waals surface area contributed by atoms with E-state index in [1.165, 1.54) is 12.8 Å². The van der Waals surface area contributed by atoms with Crippen LogP contribution in [0, 0.1) is 10.3 Å². The minimum atomic E-state index is 0.273. The Labute approximate surface area is 168 Å². The number of hydrogen-bond acceptors (Lipinski definition) is 5. The van der Waals surface area contributed by atoms with Gasteiger partial charge in [0.1, 0.15) is 11.4 Å². The molecule has 27 heavy (non-hydrogen) atoms. The first-order chi connectivity index (χ1) is 13.0. The van der Waals surface area contributed by atoms with Crippen molar-refractivity contribution >= 4 is 34.6 Å². The molecule has 1 aromatic heterocycles. The fraction of sp³-hybridized carbons (Fsp3) is 0.450. The number of aromatic nitrogens is 1. The second kappa shape index (κ2) is 7.38. The van der Waals surface area contributed by atoms with Gasteiger partial charge in [-0.15, -0.1) is 4.91 Å². The Hall–Kier alpha value is -1.69. The number of anilines is 1. The number of hydrogen-bond donors (Lipinski definition) is 1. The van der Waals surface area contributed by atoms with Crippen molar-refractivity contribution in [2.24, 2.45) is 16.3 Å². The smallest absolute Gasteiger partial charge is 0.136 e. The lowest BCUT2D eigenvalue weighted by Gasteiger charge is -2.43. The van der Waals surface area contributed by atoms with Gasteiger partial charge in [-0.2, -0.15) is 0 Å². The Morgan fingerprint density at radius 2 is 2.00 bits per heavy atom. The number of nitrogens with two attached hydrogens (primary N) is 1. The number of piperidine rings is 1. The van der Waals surface area contributed by atoms with Crippen LogP contribution in [0.2, 0.25) is 10.0 Å². The summed E-state index contributed by atoms with van der Waals surface area (Å²) in [6, 6.07) is 7.38. The van der Waals surface area contributed by atoms with Gasteiger partial charge in [-0.05, 0) is 48.4 Å². The quantitative estimate of drug-likeness (QED) is 0.680. The van der Waals surface area contributed by atoms with Crippen molar-refractivity contribution in [3.8, 4) is 11.3 Å². The molecule has 1 aliphatic carbocycles. The molecule has 2 fully saturated rings. The average molecular weight is 405 g/mol. The fourth-order valence-electron chi connectivity index (χ4n) is 4.58. The van der Waals surface area contributed by atoms with Gasteiger partial charge in [-0.3, -0.25) is 4.98 Å². The lowest BCUT2D eigenvalue weighted by molar-refractivity contribution is 0.198. The van der Waals surface area contributed by atoms with Crippen LogP contribution in [0.1, 0.15) is 32.1 Å². The molecule has 1 spiro atoms. The van der Waals surface area contributed by atoms with Crippen LogP contribution in [0.25, 0.3) is 11.3 Å². The molecule has 2 aromatic rings. The van der Waals surface area contributed by atoms with Gasteiger partial charge in [-0.25, -0.2) is 0 Å². The Kier molecular flexibility index (Phi) is 5.10. The van der Waals surface area contributed by atoms with Crippen molar-refractivity contribution in [1.29, 1.82) is 0 Å². The molecule has 0 unspecified atom stereocenters. The van der Waals surface area contributed by atoms with E-state index in [-0.39, 0.29) is 5.69 Å². The molecule has 1 aromatic carbocycles. The van der Waals surface area contributed by atoms with Crippen LogP contribution in [0.5, 0.6) is 0 Å². The van der Waals surface area contributed by atoms with E-state index >= 15 is 0 Å². The lowest BCUT2D eigenvalue weighted by Crippen LogP contribution is -2.46. The van der Waals surface area contributed by atoms with E-state index in [0.717, 1.165) is 38.0 Å². The Morgan fingerprint density at radius 3 is 2.67 bits per heavy atom. The van der Waals surface area contributed by atoms with Crippen molar-refractivity contribution in [3.63, 3.8) is 0 Å². The zero-order valence-electron chi connectivity index (χ0n) is 15.0. The first-order valence-electron chi connectivity index (χ1n) is 9.32. The number of benzene rings is 1. The van der Waals surface area contributed by atoms with E-state index in [0.29, 0.717) is 32.8 Å². The van der Waals surface area contributed by atoms with E-state index in [2.05, 4.69) is 15.1 Å². The molecule has 1 saturated heterocycles. The molecule has 0 bridgehead atoms. The van der Waals surface area contributed by atoms with Gasteiger partial charge < -0.3 is 10.6 Å². The summed E-state index contributed by atoms with van der Waals surface area (Å²) >= 11 is 12.4. The molecule has 4 rings (SSSR count). The van der Waals surface area contributed by atoms with E-state index < -0.39 is 0 Å². The van der Waals surface area contributed by atoms with E-state index in [1.807, 2.05) is 0 Å². The zero-order valence-corrected chi connectivity index (χ0v) is 16.5. The Balaban J connectivity index is 1.59. The van der Waals surface area contributed by atoms with Crippen molar-refractivity contribution < 1.29 is 0 Å². The molecule has 5 nitrogen and oxygen atoms in total. The highest BCUT2D eigenvalue weighted by atomic mass is 35.5. The number of nitrogens with zero attached hydrogens (tertiary/aromatic N) is 3. The maximum Gasteiger partial charge on any atom is 0.136 e. The zero-order chi connectivity index (χ0) is 19.0. The summed E-state index contributed by atoms with van der Waals surface area (Å²) in [4.78, 5) is 18.2. The van der Waals surface area contributed by atoms with Gasteiger partial charge >= 0.3 is 0 Å². The molecule has 7 heteroatoms. The summed E-state index contributed by atoms with van der Waals surface area (Å²) < 4.78 is 0. The van der Waals surface area contributed by atoms with Gasteiger partial charge in [0.25, 0.3) is 0 Å². The predicted molar refractivity (Wildman–Crippen MR) is 111 cm³/mol. The van der Waals surface area contributed by atoms with Crippen LogP contribution in [-0.2, 0) is 0 Å². The highest BCUT2D eigenvalue weighted by molar-refractivity contribution is 6.43. The summed E-state index contributed by atoms with van der Waals surface area (Å²) in [5.41, 5.74) is 8.92. The van der Waals surface area contributed by atoms with Gasteiger partial charge in [0.05, 0.1) is 21.9 Å². The Morgan fingerprint density at radius 1 is 1.22 bits per heavy atom. The second-order valence-electron chi connectivity index (χ2n) is 7.60. The largest absolute Gasteiger partial charge is 0.370 e. The lowest BCUT2D eigenvalue weighted by atomic mass is 9.74. The van der Waals surface area contributed by atoms with Crippen LogP contribution in [0.4, 0.5) is 11.4 Å². The summed E-state index contributed by atoms with van der Waals surface area (Å²) in [7, 11) is 0. The van der Waals surface area contributed by atoms with Gasteiger partial charge in [0.2, 0.25) is 0 Å². The van der Waals surface area contributed by atoms with Crippen LogP contribution in [0.3, 0.4) is 0 Å². The normalized spacial score (nSPS) is 21.6. The predicted octanol–water partition coefficient (Wildman–Crippen LogP) is 5.55. The molecule has 1 aliphatic heterocycles. The van der Waals surface area contributed by atoms with Gasteiger partial charge in [0, 0.05) is 24.7 Å². The molecule has 2 aliphatic rings. The molecule has 2 heterocycles. The van der Waals surface area contributed by atoms with Crippen LogP contribution < -0.4 is 10.6 Å². The molecular formula is C20H22Cl2N4O. The molecule has 0 amide bonds. The molecule has 142 valence electrons. The molecule has 0 radical (unpaired) electrons. The third-order valence-electron chi connectivity index (χ3n) is 6.26. The van der Waals surface area contributed by atoms with Crippen molar-refractivity contribution in [1.82, 2.24) is 4.98 Å². The minimum absolute atomic E-state index is 0.273. The molecule has 1 atom stereocenters. The molecule has 2 N–H and O–H groups in total. The first-order valence-corrected chi connectivity index (χ1v) is 10.1. The summed E-state index contributed by atoms with van der Waals surface area (Å²) in [6.07, 6.45) is 7.55.